The molecule has 2 aliphatic carbocycles. The molecule has 8 heteroatoms. The normalized spacial score (nSPS) is 16.9. The summed E-state index contributed by atoms with van der Waals surface area (Å²) in [5.74, 6) is 2.35. The molecule has 6 rings (SSSR count). The number of benzene rings is 1. The van der Waals surface area contributed by atoms with Gasteiger partial charge in [-0.1, -0.05) is 30.3 Å². The molecule has 0 bridgehead atoms. The fourth-order valence-corrected chi connectivity index (χ4v) is 4.36. The molecule has 3 heterocycles. The molecule has 0 atom stereocenters. The summed E-state index contributed by atoms with van der Waals surface area (Å²) in [6, 6.07) is 12.8. The number of hydrogen-bond donors (Lipinski definition) is 0. The Balaban J connectivity index is 1.45. The predicted molar refractivity (Wildman–Crippen MR) is 101 cm³/mol. The van der Waals surface area contributed by atoms with Gasteiger partial charge in [-0.15, -0.1) is 10.2 Å². The molecule has 27 heavy (non-hydrogen) atoms. The molecule has 2 fully saturated rings. The molecule has 134 valence electrons. The summed E-state index contributed by atoms with van der Waals surface area (Å²) in [4.78, 5) is 8.96. The SMILES string of the molecule is c1ccc(-c2cc(Sc3nnc(C4CC4)n3C3CC3)n3ncnc3n2)cc1. The van der Waals surface area contributed by atoms with Crippen LogP contribution in [0, 0.1) is 0 Å². The van der Waals surface area contributed by atoms with Gasteiger partial charge in [0.05, 0.1) is 5.69 Å². The van der Waals surface area contributed by atoms with Crippen molar-refractivity contribution >= 4 is 17.5 Å². The highest BCUT2D eigenvalue weighted by atomic mass is 32.2. The molecule has 0 aliphatic heterocycles. The van der Waals surface area contributed by atoms with Crippen LogP contribution in [-0.2, 0) is 0 Å². The molecular weight excluding hydrogens is 358 g/mol. The van der Waals surface area contributed by atoms with Crippen molar-refractivity contribution < 1.29 is 0 Å². The summed E-state index contributed by atoms with van der Waals surface area (Å²) < 4.78 is 4.13. The van der Waals surface area contributed by atoms with Crippen molar-refractivity contribution in [2.45, 2.75) is 47.8 Å². The van der Waals surface area contributed by atoms with Crippen LogP contribution in [0.2, 0.25) is 0 Å². The lowest BCUT2D eigenvalue weighted by molar-refractivity contribution is 0.626. The molecule has 0 amide bonds. The van der Waals surface area contributed by atoms with Crippen LogP contribution in [0.1, 0.15) is 43.5 Å². The average Bonchev–Trinajstić information content (AvgIpc) is 3.63. The Morgan fingerprint density at radius 1 is 1.00 bits per heavy atom. The van der Waals surface area contributed by atoms with Crippen molar-refractivity contribution in [3.63, 3.8) is 0 Å². The number of nitrogens with zero attached hydrogens (tertiary/aromatic N) is 7. The van der Waals surface area contributed by atoms with Gasteiger partial charge in [0, 0.05) is 17.5 Å². The van der Waals surface area contributed by atoms with E-state index in [0.29, 0.717) is 17.7 Å². The maximum Gasteiger partial charge on any atom is 0.253 e. The van der Waals surface area contributed by atoms with Crippen molar-refractivity contribution in [3.05, 3.63) is 48.5 Å². The van der Waals surface area contributed by atoms with Crippen LogP contribution >= 0.6 is 11.8 Å². The van der Waals surface area contributed by atoms with E-state index in [9.17, 15) is 0 Å². The summed E-state index contributed by atoms with van der Waals surface area (Å²) in [5.41, 5.74) is 1.95. The topological polar surface area (TPSA) is 73.8 Å². The molecule has 0 radical (unpaired) electrons. The lowest BCUT2D eigenvalue weighted by atomic mass is 10.1. The highest BCUT2D eigenvalue weighted by Crippen LogP contribution is 2.46. The van der Waals surface area contributed by atoms with Gasteiger partial charge in [0.2, 0.25) is 0 Å². The summed E-state index contributed by atoms with van der Waals surface area (Å²) in [6.07, 6.45) is 6.44. The Labute approximate surface area is 159 Å². The maximum absolute atomic E-state index is 4.65. The van der Waals surface area contributed by atoms with E-state index in [1.807, 2.05) is 18.2 Å². The van der Waals surface area contributed by atoms with Gasteiger partial charge in [0.25, 0.3) is 5.78 Å². The van der Waals surface area contributed by atoms with E-state index in [2.05, 4.69) is 48.0 Å². The molecule has 3 aromatic heterocycles. The van der Waals surface area contributed by atoms with Crippen molar-refractivity contribution in [1.82, 2.24) is 34.3 Å². The smallest absolute Gasteiger partial charge is 0.253 e. The molecule has 1 aromatic carbocycles. The Kier molecular flexibility index (Phi) is 3.34. The van der Waals surface area contributed by atoms with Crippen molar-refractivity contribution in [3.8, 4) is 11.3 Å². The molecule has 4 aromatic rings. The van der Waals surface area contributed by atoms with E-state index >= 15 is 0 Å². The Bertz CT molecular complexity index is 1130. The Morgan fingerprint density at radius 3 is 2.63 bits per heavy atom. The first-order valence-electron chi connectivity index (χ1n) is 9.26. The second-order valence-corrected chi connectivity index (χ2v) is 8.12. The van der Waals surface area contributed by atoms with Gasteiger partial charge in [-0.25, -0.2) is 4.98 Å². The van der Waals surface area contributed by atoms with E-state index in [1.54, 1.807) is 22.6 Å². The van der Waals surface area contributed by atoms with Crippen molar-refractivity contribution in [2.75, 3.05) is 0 Å². The predicted octanol–water partition coefficient (Wildman–Crippen LogP) is 3.75. The second kappa shape index (κ2) is 5.88. The summed E-state index contributed by atoms with van der Waals surface area (Å²) in [6.45, 7) is 0. The van der Waals surface area contributed by atoms with Gasteiger partial charge >= 0.3 is 0 Å². The monoisotopic (exact) mass is 375 g/mol. The Hall–Kier alpha value is -2.74. The first-order valence-corrected chi connectivity index (χ1v) is 10.1. The van der Waals surface area contributed by atoms with Crippen LogP contribution in [0.15, 0.2) is 52.9 Å². The Morgan fingerprint density at radius 2 is 1.85 bits per heavy atom. The first kappa shape index (κ1) is 15.3. The quantitative estimate of drug-likeness (QED) is 0.495. The van der Waals surface area contributed by atoms with Crippen LogP contribution < -0.4 is 0 Å². The molecule has 2 aliphatic rings. The van der Waals surface area contributed by atoms with E-state index in [0.717, 1.165) is 27.3 Å². The lowest BCUT2D eigenvalue weighted by Crippen LogP contribution is -2.03. The first-order chi connectivity index (χ1) is 13.4. The van der Waals surface area contributed by atoms with Gasteiger partial charge in [-0.05, 0) is 43.5 Å². The van der Waals surface area contributed by atoms with E-state index in [-0.39, 0.29) is 0 Å². The fraction of sp³-hybridized carbons (Fsp3) is 0.316. The van der Waals surface area contributed by atoms with Gasteiger partial charge in [-0.3, -0.25) is 0 Å². The molecular formula is C19H17N7S. The summed E-state index contributed by atoms with van der Waals surface area (Å²) in [7, 11) is 0. The molecule has 0 saturated heterocycles. The van der Waals surface area contributed by atoms with E-state index < -0.39 is 0 Å². The van der Waals surface area contributed by atoms with Gasteiger partial charge in [0.1, 0.15) is 17.2 Å². The minimum Gasteiger partial charge on any atom is -0.302 e. The van der Waals surface area contributed by atoms with Crippen molar-refractivity contribution in [1.29, 1.82) is 0 Å². The second-order valence-electron chi connectivity index (χ2n) is 7.14. The van der Waals surface area contributed by atoms with Crippen LogP contribution in [0.4, 0.5) is 0 Å². The van der Waals surface area contributed by atoms with Crippen LogP contribution in [-0.4, -0.2) is 34.3 Å². The average molecular weight is 375 g/mol. The molecule has 0 unspecified atom stereocenters. The van der Waals surface area contributed by atoms with Gasteiger partial charge < -0.3 is 4.57 Å². The molecule has 0 spiro atoms. The minimum atomic E-state index is 0.555. The fourth-order valence-electron chi connectivity index (χ4n) is 3.36. The molecule has 7 nitrogen and oxygen atoms in total. The number of aromatic nitrogens is 7. The van der Waals surface area contributed by atoms with Crippen LogP contribution in [0.25, 0.3) is 17.0 Å². The number of hydrogen-bond acceptors (Lipinski definition) is 6. The molecule has 2 saturated carbocycles. The van der Waals surface area contributed by atoms with Gasteiger partial charge in [0.15, 0.2) is 5.16 Å². The number of rotatable bonds is 5. The third-order valence-electron chi connectivity index (χ3n) is 5.03. The minimum absolute atomic E-state index is 0.555. The number of fused-ring (bicyclic) bond motifs is 1. The largest absolute Gasteiger partial charge is 0.302 e. The zero-order valence-corrected chi connectivity index (χ0v) is 15.4. The third-order valence-corrected chi connectivity index (χ3v) is 5.99. The van der Waals surface area contributed by atoms with Gasteiger partial charge in [-0.2, -0.15) is 14.6 Å². The highest BCUT2D eigenvalue weighted by Gasteiger charge is 2.36. The zero-order chi connectivity index (χ0) is 17.8. The van der Waals surface area contributed by atoms with E-state index in [4.69, 9.17) is 0 Å². The molecule has 0 N–H and O–H groups in total. The lowest BCUT2D eigenvalue weighted by Gasteiger charge is -2.10. The zero-order valence-electron chi connectivity index (χ0n) is 14.6. The maximum atomic E-state index is 4.65. The standard InChI is InChI=1S/C19H17N7S/c1-2-4-12(5-3-1)15-10-16(26-18(22-15)20-11-21-26)27-19-24-23-17(13-6-7-13)25(19)14-8-9-14/h1-5,10-11,13-14H,6-9H2. The van der Waals surface area contributed by atoms with Crippen LogP contribution in [0.5, 0.6) is 0 Å². The van der Waals surface area contributed by atoms with Crippen LogP contribution in [0.3, 0.4) is 0 Å². The summed E-state index contributed by atoms with van der Waals surface area (Å²) in [5, 5.41) is 15.3. The summed E-state index contributed by atoms with van der Waals surface area (Å²) >= 11 is 1.60. The third kappa shape index (κ3) is 2.71. The highest BCUT2D eigenvalue weighted by molar-refractivity contribution is 7.99. The van der Waals surface area contributed by atoms with Crippen molar-refractivity contribution in [2.24, 2.45) is 0 Å². The van der Waals surface area contributed by atoms with E-state index in [1.165, 1.54) is 25.7 Å².